The molecule has 0 radical (unpaired) electrons. The number of hydrogen-bond acceptors (Lipinski definition) is 6. The van der Waals surface area contributed by atoms with Gasteiger partial charge in [-0.05, 0) is 14.0 Å². The molecule has 0 aliphatic carbocycles. The molecule has 0 aliphatic heterocycles. The highest BCUT2D eigenvalue weighted by Crippen LogP contribution is 2.07. The molecule has 104 valence electrons. The van der Waals surface area contributed by atoms with Crippen molar-refractivity contribution in [1.29, 1.82) is 0 Å². The van der Waals surface area contributed by atoms with Crippen LogP contribution >= 0.6 is 0 Å². The van der Waals surface area contributed by atoms with Crippen LogP contribution in [0.15, 0.2) is 10.9 Å². The van der Waals surface area contributed by atoms with Gasteiger partial charge in [0.05, 0.1) is 5.75 Å². The van der Waals surface area contributed by atoms with Crippen LogP contribution in [-0.4, -0.2) is 47.3 Å². The maximum Gasteiger partial charge on any atom is 0.349 e. The van der Waals surface area contributed by atoms with Crippen LogP contribution in [-0.2, 0) is 10.0 Å². The van der Waals surface area contributed by atoms with E-state index in [0.717, 1.165) is 0 Å². The molecule has 2 aromatic heterocycles. The van der Waals surface area contributed by atoms with Crippen molar-refractivity contribution in [3.8, 4) is 0 Å². The second kappa shape index (κ2) is 4.97. The molecule has 0 spiro atoms. The molecule has 0 unspecified atom stereocenters. The van der Waals surface area contributed by atoms with Crippen LogP contribution in [0.25, 0.3) is 5.65 Å². The van der Waals surface area contributed by atoms with Gasteiger partial charge in [0.2, 0.25) is 10.0 Å². The van der Waals surface area contributed by atoms with E-state index in [1.54, 1.807) is 13.0 Å². The minimum atomic E-state index is -3.26. The molecule has 19 heavy (non-hydrogen) atoms. The Hall–Kier alpha value is -1.94. The summed E-state index contributed by atoms with van der Waals surface area (Å²) >= 11 is 0. The van der Waals surface area contributed by atoms with Gasteiger partial charge in [-0.25, -0.2) is 32.4 Å². The van der Waals surface area contributed by atoms with E-state index < -0.39 is 10.0 Å². The molecule has 0 bridgehead atoms. The van der Waals surface area contributed by atoms with Gasteiger partial charge >= 0.3 is 5.69 Å². The number of nitrogens with one attached hydrogen (secondary N) is 3. The van der Waals surface area contributed by atoms with Crippen molar-refractivity contribution in [1.82, 2.24) is 24.3 Å². The Balaban J connectivity index is 2.16. The average molecular weight is 286 g/mol. The first-order valence-electron chi connectivity index (χ1n) is 5.53. The van der Waals surface area contributed by atoms with Gasteiger partial charge in [-0.3, -0.25) is 0 Å². The molecular weight excluding hydrogens is 272 g/mol. The van der Waals surface area contributed by atoms with Crippen molar-refractivity contribution < 1.29 is 8.42 Å². The van der Waals surface area contributed by atoms with Crippen molar-refractivity contribution in [3.63, 3.8) is 0 Å². The molecule has 0 aliphatic rings. The third kappa shape index (κ3) is 2.90. The number of hydrogen-bond donors (Lipinski definition) is 3. The summed E-state index contributed by atoms with van der Waals surface area (Å²) in [7, 11) is -1.89. The average Bonchev–Trinajstić information content (AvgIpc) is 2.71. The largest absolute Gasteiger partial charge is 0.369 e. The normalized spacial score (nSPS) is 11.9. The number of aromatic nitrogens is 4. The molecule has 2 heterocycles. The van der Waals surface area contributed by atoms with Gasteiger partial charge in [0.25, 0.3) is 0 Å². The number of fused-ring (bicyclic) bond motifs is 1. The Morgan fingerprint density at radius 1 is 1.47 bits per heavy atom. The maximum absolute atomic E-state index is 11.4. The molecule has 9 nitrogen and oxygen atoms in total. The Kier molecular flexibility index (Phi) is 3.53. The van der Waals surface area contributed by atoms with Gasteiger partial charge in [0, 0.05) is 12.6 Å². The number of H-pyrrole nitrogens is 1. The predicted octanol–water partition coefficient (Wildman–Crippen LogP) is -1.31. The fraction of sp³-hybridized carbons (Fsp3) is 0.444. The minimum absolute atomic E-state index is 0.0667. The molecule has 2 rings (SSSR count). The van der Waals surface area contributed by atoms with E-state index in [1.807, 2.05) is 0 Å². The molecule has 0 saturated heterocycles. The minimum Gasteiger partial charge on any atom is -0.369 e. The van der Waals surface area contributed by atoms with E-state index in [2.05, 4.69) is 25.2 Å². The summed E-state index contributed by atoms with van der Waals surface area (Å²) < 4.78 is 26.0. The first-order chi connectivity index (χ1) is 8.93. The highest BCUT2D eigenvalue weighted by Gasteiger charge is 2.09. The van der Waals surface area contributed by atoms with Gasteiger partial charge in [-0.15, -0.1) is 0 Å². The topological polar surface area (TPSA) is 121 Å². The van der Waals surface area contributed by atoms with Crippen LogP contribution in [0.1, 0.15) is 5.82 Å². The first kappa shape index (κ1) is 13.5. The number of aryl methyl sites for hydroxylation is 1. The number of anilines is 1. The monoisotopic (exact) mass is 286 g/mol. The Morgan fingerprint density at radius 2 is 2.21 bits per heavy atom. The summed E-state index contributed by atoms with van der Waals surface area (Å²) in [4.78, 5) is 15.5. The molecular formula is C9H14N6O3S. The van der Waals surface area contributed by atoms with E-state index in [-0.39, 0.29) is 18.0 Å². The molecule has 0 aromatic carbocycles. The second-order valence-electron chi connectivity index (χ2n) is 3.86. The van der Waals surface area contributed by atoms with E-state index in [0.29, 0.717) is 17.3 Å². The Labute approximate surface area is 109 Å². The van der Waals surface area contributed by atoms with E-state index >= 15 is 0 Å². The lowest BCUT2D eigenvalue weighted by atomic mass is 10.5. The number of rotatable bonds is 5. The summed E-state index contributed by atoms with van der Waals surface area (Å²) in [6.07, 6.45) is 0. The third-order valence-corrected chi connectivity index (χ3v) is 3.92. The molecule has 0 amide bonds. The van der Waals surface area contributed by atoms with Crippen LogP contribution in [0.5, 0.6) is 0 Å². The zero-order valence-electron chi connectivity index (χ0n) is 10.5. The standard InChI is InChI=1S/C9H14N6O3S/c1-6-12-7(11-3-4-19(17,18)10-2)5-8-13-14-9(16)15(6)8/h5,10-11H,3-4H2,1-2H3,(H,14,16). The smallest absolute Gasteiger partial charge is 0.349 e. The van der Waals surface area contributed by atoms with Crippen molar-refractivity contribution in [3.05, 3.63) is 22.4 Å². The predicted molar refractivity (Wildman–Crippen MR) is 69.7 cm³/mol. The Bertz CT molecular complexity index is 747. The van der Waals surface area contributed by atoms with Gasteiger partial charge in [0.15, 0.2) is 5.65 Å². The van der Waals surface area contributed by atoms with Gasteiger partial charge in [0.1, 0.15) is 11.6 Å². The zero-order chi connectivity index (χ0) is 14.0. The van der Waals surface area contributed by atoms with Crippen molar-refractivity contribution in [2.24, 2.45) is 0 Å². The summed E-state index contributed by atoms with van der Waals surface area (Å²) in [6, 6.07) is 1.57. The second-order valence-corrected chi connectivity index (χ2v) is 5.91. The quantitative estimate of drug-likeness (QED) is 0.627. The van der Waals surface area contributed by atoms with Crippen molar-refractivity contribution >= 4 is 21.5 Å². The lowest BCUT2D eigenvalue weighted by Crippen LogP contribution is -2.26. The van der Waals surface area contributed by atoms with Crippen molar-refractivity contribution in [2.45, 2.75) is 6.92 Å². The van der Waals surface area contributed by atoms with Crippen LogP contribution in [0, 0.1) is 6.92 Å². The zero-order valence-corrected chi connectivity index (χ0v) is 11.3. The SMILES string of the molecule is CNS(=O)(=O)CCNc1cc2n[nH]c(=O)n2c(C)n1. The van der Waals surface area contributed by atoms with Gasteiger partial charge < -0.3 is 5.32 Å². The summed E-state index contributed by atoms with van der Waals surface area (Å²) in [5, 5.41) is 9.02. The molecule has 0 fully saturated rings. The van der Waals surface area contributed by atoms with E-state index in [4.69, 9.17) is 0 Å². The third-order valence-electron chi connectivity index (χ3n) is 2.56. The van der Waals surface area contributed by atoms with Gasteiger partial charge in [-0.2, -0.15) is 5.10 Å². The fourth-order valence-corrected chi connectivity index (χ4v) is 2.18. The fourth-order valence-electron chi connectivity index (χ4n) is 1.60. The van der Waals surface area contributed by atoms with Crippen LogP contribution in [0.3, 0.4) is 0 Å². The molecule has 0 atom stereocenters. The molecule has 10 heteroatoms. The first-order valence-corrected chi connectivity index (χ1v) is 7.18. The number of aromatic amines is 1. The molecule has 2 aromatic rings. The lowest BCUT2D eigenvalue weighted by molar-refractivity contribution is 0.588. The van der Waals surface area contributed by atoms with Gasteiger partial charge in [-0.1, -0.05) is 0 Å². The lowest BCUT2D eigenvalue weighted by Gasteiger charge is -2.07. The van der Waals surface area contributed by atoms with Crippen LogP contribution < -0.4 is 15.7 Å². The highest BCUT2D eigenvalue weighted by molar-refractivity contribution is 7.89. The van der Waals surface area contributed by atoms with Crippen LogP contribution in [0.2, 0.25) is 0 Å². The summed E-state index contributed by atoms with van der Waals surface area (Å²) in [5.41, 5.74) is 0.0702. The summed E-state index contributed by atoms with van der Waals surface area (Å²) in [5.74, 6) is 0.869. The Morgan fingerprint density at radius 3 is 2.89 bits per heavy atom. The number of sulfonamides is 1. The van der Waals surface area contributed by atoms with Crippen LogP contribution in [0.4, 0.5) is 5.82 Å². The maximum atomic E-state index is 11.4. The van der Waals surface area contributed by atoms with E-state index in [9.17, 15) is 13.2 Å². The van der Waals surface area contributed by atoms with E-state index in [1.165, 1.54) is 11.4 Å². The number of nitrogens with zero attached hydrogens (tertiary/aromatic N) is 3. The molecule has 0 saturated carbocycles. The van der Waals surface area contributed by atoms with Crippen molar-refractivity contribution in [2.75, 3.05) is 24.7 Å². The summed E-state index contributed by atoms with van der Waals surface area (Å²) in [6.45, 7) is 1.87. The molecule has 3 N–H and O–H groups in total. The highest BCUT2D eigenvalue weighted by atomic mass is 32.2.